The van der Waals surface area contributed by atoms with Crippen LogP contribution in [0.2, 0.25) is 0 Å². The van der Waals surface area contributed by atoms with E-state index in [4.69, 9.17) is 5.73 Å². The molecule has 2 rings (SSSR count). The predicted octanol–water partition coefficient (Wildman–Crippen LogP) is 2.56. The van der Waals surface area contributed by atoms with Gasteiger partial charge in [-0.1, -0.05) is 12.1 Å². The lowest BCUT2D eigenvalue weighted by Crippen LogP contribution is -2.40. The third-order valence-electron chi connectivity index (χ3n) is 3.95. The normalized spacial score (nSPS) is 17.6. The Morgan fingerprint density at radius 3 is 2.63 bits per heavy atom. The van der Waals surface area contributed by atoms with Gasteiger partial charge in [-0.15, -0.1) is 0 Å². The van der Waals surface area contributed by atoms with E-state index in [2.05, 4.69) is 57.0 Å². The molecule has 0 radical (unpaired) electrons. The summed E-state index contributed by atoms with van der Waals surface area (Å²) < 4.78 is 1.18. The van der Waals surface area contributed by atoms with Crippen LogP contribution in [-0.4, -0.2) is 44.7 Å². The minimum atomic E-state index is 0.779. The number of nitrogens with zero attached hydrogens (tertiary/aromatic N) is 2. The zero-order valence-electron chi connectivity index (χ0n) is 11.7. The van der Waals surface area contributed by atoms with Crippen LogP contribution in [0.4, 0.5) is 5.69 Å². The first-order chi connectivity index (χ1) is 9.20. The van der Waals surface area contributed by atoms with E-state index in [0.29, 0.717) is 0 Å². The molecule has 0 bridgehead atoms. The van der Waals surface area contributed by atoms with E-state index in [0.717, 1.165) is 25.6 Å². The Bertz CT molecular complexity index is 389. The number of halogens is 1. The molecule has 0 aliphatic carbocycles. The van der Waals surface area contributed by atoms with Crippen molar-refractivity contribution in [3.8, 4) is 0 Å². The average molecular weight is 326 g/mol. The highest BCUT2D eigenvalue weighted by molar-refractivity contribution is 9.10. The molecule has 0 unspecified atom stereocenters. The fraction of sp³-hybridized carbons (Fsp3) is 0.600. The molecule has 2 N–H and O–H groups in total. The second-order valence-electron chi connectivity index (χ2n) is 5.41. The van der Waals surface area contributed by atoms with Gasteiger partial charge in [-0.25, -0.2) is 0 Å². The number of para-hydroxylation sites is 1. The van der Waals surface area contributed by atoms with Crippen molar-refractivity contribution in [1.29, 1.82) is 0 Å². The van der Waals surface area contributed by atoms with Gasteiger partial charge >= 0.3 is 0 Å². The molecule has 1 aliphatic heterocycles. The average Bonchev–Trinajstić information content (AvgIpc) is 2.42. The standard InChI is InChI=1S/C15H24BrN3/c1-18(15-5-3-2-4-14(15)16)12-13-6-9-19(10-7-13)11-8-17/h2-5,13H,6-12,17H2,1H3. The van der Waals surface area contributed by atoms with Gasteiger partial charge in [-0.05, 0) is 59.9 Å². The Morgan fingerprint density at radius 1 is 1.32 bits per heavy atom. The maximum absolute atomic E-state index is 5.61. The fourth-order valence-corrected chi connectivity index (χ4v) is 3.41. The summed E-state index contributed by atoms with van der Waals surface area (Å²) in [5.74, 6) is 0.797. The molecule has 0 aromatic heterocycles. The maximum Gasteiger partial charge on any atom is 0.0508 e. The van der Waals surface area contributed by atoms with Crippen molar-refractivity contribution in [1.82, 2.24) is 4.90 Å². The largest absolute Gasteiger partial charge is 0.373 e. The first-order valence-corrected chi connectivity index (χ1v) is 7.88. The lowest BCUT2D eigenvalue weighted by atomic mass is 9.96. The van der Waals surface area contributed by atoms with Crippen molar-refractivity contribution >= 4 is 21.6 Å². The van der Waals surface area contributed by atoms with Crippen LogP contribution < -0.4 is 10.6 Å². The number of nitrogens with two attached hydrogens (primary N) is 1. The number of benzene rings is 1. The van der Waals surface area contributed by atoms with E-state index >= 15 is 0 Å². The van der Waals surface area contributed by atoms with Gasteiger partial charge in [0.05, 0.1) is 5.69 Å². The summed E-state index contributed by atoms with van der Waals surface area (Å²) in [4.78, 5) is 4.85. The number of likely N-dealkylation sites (tertiary alicyclic amines) is 1. The molecule has 1 heterocycles. The van der Waals surface area contributed by atoms with Crippen molar-refractivity contribution in [2.45, 2.75) is 12.8 Å². The molecule has 0 amide bonds. The Hall–Kier alpha value is -0.580. The molecule has 1 aromatic carbocycles. The van der Waals surface area contributed by atoms with Crippen molar-refractivity contribution in [3.05, 3.63) is 28.7 Å². The van der Waals surface area contributed by atoms with E-state index in [1.165, 1.54) is 36.1 Å². The summed E-state index contributed by atoms with van der Waals surface area (Å²) in [5, 5.41) is 0. The second-order valence-corrected chi connectivity index (χ2v) is 6.26. The van der Waals surface area contributed by atoms with E-state index in [9.17, 15) is 0 Å². The molecule has 3 nitrogen and oxygen atoms in total. The predicted molar refractivity (Wildman–Crippen MR) is 85.6 cm³/mol. The molecule has 106 valence electrons. The third kappa shape index (κ3) is 4.20. The molecule has 0 atom stereocenters. The number of hydrogen-bond acceptors (Lipinski definition) is 3. The fourth-order valence-electron chi connectivity index (χ4n) is 2.82. The molecule has 4 heteroatoms. The van der Waals surface area contributed by atoms with Crippen LogP contribution in [0.15, 0.2) is 28.7 Å². The van der Waals surface area contributed by atoms with Crippen molar-refractivity contribution < 1.29 is 0 Å². The molecular weight excluding hydrogens is 302 g/mol. The van der Waals surface area contributed by atoms with Gasteiger partial charge in [0.1, 0.15) is 0 Å². The lowest BCUT2D eigenvalue weighted by Gasteiger charge is -2.34. The monoisotopic (exact) mass is 325 g/mol. The zero-order chi connectivity index (χ0) is 13.7. The lowest BCUT2D eigenvalue weighted by molar-refractivity contribution is 0.191. The Balaban J connectivity index is 1.84. The maximum atomic E-state index is 5.61. The van der Waals surface area contributed by atoms with Gasteiger partial charge < -0.3 is 15.5 Å². The SMILES string of the molecule is CN(CC1CCN(CCN)CC1)c1ccccc1Br. The second kappa shape index (κ2) is 7.27. The topological polar surface area (TPSA) is 32.5 Å². The number of piperidine rings is 1. The van der Waals surface area contributed by atoms with Gasteiger partial charge in [-0.2, -0.15) is 0 Å². The Kier molecular flexibility index (Phi) is 5.67. The van der Waals surface area contributed by atoms with Crippen molar-refractivity contribution in [3.63, 3.8) is 0 Å². The van der Waals surface area contributed by atoms with Crippen molar-refractivity contribution in [2.24, 2.45) is 11.7 Å². The number of anilines is 1. The van der Waals surface area contributed by atoms with Crippen LogP contribution >= 0.6 is 15.9 Å². The highest BCUT2D eigenvalue weighted by Crippen LogP contribution is 2.27. The summed E-state index contributed by atoms with van der Waals surface area (Å²) in [7, 11) is 2.19. The van der Waals surface area contributed by atoms with Gasteiger partial charge in [0, 0.05) is 31.2 Å². The van der Waals surface area contributed by atoms with Crippen LogP contribution in [0.1, 0.15) is 12.8 Å². The van der Waals surface area contributed by atoms with E-state index < -0.39 is 0 Å². The van der Waals surface area contributed by atoms with E-state index in [1.807, 2.05) is 0 Å². The quantitative estimate of drug-likeness (QED) is 0.903. The van der Waals surface area contributed by atoms with E-state index in [1.54, 1.807) is 0 Å². The molecule has 1 aliphatic rings. The Labute approximate surface area is 124 Å². The van der Waals surface area contributed by atoms with Crippen LogP contribution in [0.3, 0.4) is 0 Å². The summed E-state index contributed by atoms with van der Waals surface area (Å²) in [6.45, 7) is 5.37. The molecule has 19 heavy (non-hydrogen) atoms. The summed E-state index contributed by atoms with van der Waals surface area (Å²) in [6.07, 6.45) is 2.57. The number of rotatable bonds is 5. The summed E-state index contributed by atoms with van der Waals surface area (Å²) >= 11 is 3.63. The molecule has 0 saturated carbocycles. The van der Waals surface area contributed by atoms with Crippen LogP contribution in [0.25, 0.3) is 0 Å². The van der Waals surface area contributed by atoms with Gasteiger partial charge in [-0.3, -0.25) is 0 Å². The van der Waals surface area contributed by atoms with Crippen molar-refractivity contribution in [2.75, 3.05) is 44.7 Å². The van der Waals surface area contributed by atoms with Crippen LogP contribution in [0.5, 0.6) is 0 Å². The first kappa shape index (κ1) is 14.8. The number of hydrogen-bond donors (Lipinski definition) is 1. The van der Waals surface area contributed by atoms with Crippen LogP contribution in [-0.2, 0) is 0 Å². The smallest absolute Gasteiger partial charge is 0.0508 e. The van der Waals surface area contributed by atoms with Gasteiger partial charge in [0.25, 0.3) is 0 Å². The minimum absolute atomic E-state index is 0.779. The molecule has 1 saturated heterocycles. The summed E-state index contributed by atoms with van der Waals surface area (Å²) in [6, 6.07) is 8.44. The van der Waals surface area contributed by atoms with Gasteiger partial charge in [0.15, 0.2) is 0 Å². The Morgan fingerprint density at radius 2 is 2.00 bits per heavy atom. The third-order valence-corrected chi connectivity index (χ3v) is 4.62. The van der Waals surface area contributed by atoms with Gasteiger partial charge in [0.2, 0.25) is 0 Å². The molecule has 1 aromatic rings. The molecule has 1 fully saturated rings. The molecular formula is C15H24BrN3. The first-order valence-electron chi connectivity index (χ1n) is 7.09. The molecule has 0 spiro atoms. The highest BCUT2D eigenvalue weighted by atomic mass is 79.9. The van der Waals surface area contributed by atoms with Crippen LogP contribution in [0, 0.1) is 5.92 Å². The summed E-state index contributed by atoms with van der Waals surface area (Å²) in [5.41, 5.74) is 6.90. The zero-order valence-corrected chi connectivity index (χ0v) is 13.3. The highest BCUT2D eigenvalue weighted by Gasteiger charge is 2.20. The van der Waals surface area contributed by atoms with E-state index in [-0.39, 0.29) is 0 Å². The minimum Gasteiger partial charge on any atom is -0.373 e.